The van der Waals surface area contributed by atoms with Crippen LogP contribution >= 0.6 is 0 Å². The number of rotatable bonds is 7. The summed E-state index contributed by atoms with van der Waals surface area (Å²) in [7, 11) is 0. The van der Waals surface area contributed by atoms with E-state index in [2.05, 4.69) is 10.6 Å². The smallest absolute Gasteiger partial charge is 0.313 e. The number of benzene rings is 2. The molecule has 0 atom stereocenters. The van der Waals surface area contributed by atoms with E-state index >= 15 is 0 Å². The third-order valence-electron chi connectivity index (χ3n) is 5.01. The maximum atomic E-state index is 12.2. The summed E-state index contributed by atoms with van der Waals surface area (Å²) in [6.45, 7) is 4.51. The average Bonchev–Trinajstić information content (AvgIpc) is 2.65. The lowest BCUT2D eigenvalue weighted by atomic mass is 9.79. The van der Waals surface area contributed by atoms with Gasteiger partial charge in [-0.25, -0.2) is 0 Å². The molecule has 5 nitrogen and oxygen atoms in total. The number of hydrogen-bond acceptors (Lipinski definition) is 3. The molecule has 0 radical (unpaired) electrons. The zero-order valence-electron chi connectivity index (χ0n) is 14.8. The quantitative estimate of drug-likeness (QED) is 0.677. The van der Waals surface area contributed by atoms with Crippen LogP contribution in [0.3, 0.4) is 0 Å². The van der Waals surface area contributed by atoms with Crippen LogP contribution in [0.5, 0.6) is 0 Å². The predicted octanol–water partition coefficient (Wildman–Crippen LogP) is 3.08. The molecule has 25 heavy (non-hydrogen) atoms. The molecule has 2 amide bonds. The highest BCUT2D eigenvalue weighted by atomic mass is 16.3. The first-order valence-corrected chi connectivity index (χ1v) is 8.73. The van der Waals surface area contributed by atoms with Crippen molar-refractivity contribution >= 4 is 28.3 Å². The van der Waals surface area contributed by atoms with Gasteiger partial charge in [0.1, 0.15) is 0 Å². The predicted molar refractivity (Wildman–Crippen MR) is 100 cm³/mol. The number of amides is 2. The van der Waals surface area contributed by atoms with Crippen molar-refractivity contribution in [3.63, 3.8) is 0 Å². The Hall–Kier alpha value is -2.40. The van der Waals surface area contributed by atoms with Crippen molar-refractivity contribution < 1.29 is 14.7 Å². The fourth-order valence-electron chi connectivity index (χ4n) is 3.04. The summed E-state index contributed by atoms with van der Waals surface area (Å²) in [6, 6.07) is 13.3. The van der Waals surface area contributed by atoms with Crippen LogP contribution in [0.1, 0.15) is 33.1 Å². The number of anilines is 1. The standard InChI is InChI=1S/C20H26N2O3/c1-3-20(4-2,12-13-23)14-21-18(24)19(25)22-17-11-7-9-15-8-5-6-10-16(15)17/h5-11,23H,3-4,12-14H2,1-2H3,(H,21,24)(H,22,25). The highest BCUT2D eigenvalue weighted by Crippen LogP contribution is 2.29. The summed E-state index contributed by atoms with van der Waals surface area (Å²) in [6.07, 6.45) is 2.26. The third-order valence-corrected chi connectivity index (χ3v) is 5.01. The van der Waals surface area contributed by atoms with Crippen LogP contribution in [0.25, 0.3) is 10.8 Å². The van der Waals surface area contributed by atoms with Gasteiger partial charge in [0.05, 0.1) is 0 Å². The van der Waals surface area contributed by atoms with Gasteiger partial charge in [-0.05, 0) is 36.1 Å². The Labute approximate surface area is 148 Å². The summed E-state index contributed by atoms with van der Waals surface area (Å²) < 4.78 is 0. The van der Waals surface area contributed by atoms with Gasteiger partial charge in [0, 0.05) is 24.2 Å². The van der Waals surface area contributed by atoms with Crippen LogP contribution in [0.4, 0.5) is 5.69 Å². The van der Waals surface area contributed by atoms with Gasteiger partial charge in [-0.15, -0.1) is 0 Å². The van der Waals surface area contributed by atoms with Crippen LogP contribution < -0.4 is 10.6 Å². The lowest BCUT2D eigenvalue weighted by molar-refractivity contribution is -0.136. The Morgan fingerprint density at radius 1 is 1.00 bits per heavy atom. The van der Waals surface area contributed by atoms with E-state index in [9.17, 15) is 14.7 Å². The summed E-state index contributed by atoms with van der Waals surface area (Å²) in [4.78, 5) is 24.4. The summed E-state index contributed by atoms with van der Waals surface area (Å²) >= 11 is 0. The van der Waals surface area contributed by atoms with E-state index in [1.54, 1.807) is 6.07 Å². The van der Waals surface area contributed by atoms with E-state index in [0.717, 1.165) is 23.6 Å². The molecule has 2 aromatic carbocycles. The van der Waals surface area contributed by atoms with Crippen molar-refractivity contribution in [2.24, 2.45) is 5.41 Å². The highest BCUT2D eigenvalue weighted by Gasteiger charge is 2.27. The van der Waals surface area contributed by atoms with Crippen molar-refractivity contribution in [2.75, 3.05) is 18.5 Å². The van der Waals surface area contributed by atoms with Gasteiger partial charge in [-0.2, -0.15) is 0 Å². The number of aliphatic hydroxyl groups excluding tert-OH is 1. The molecule has 0 aromatic heterocycles. The van der Waals surface area contributed by atoms with Crippen LogP contribution in [0, 0.1) is 5.41 Å². The monoisotopic (exact) mass is 342 g/mol. The summed E-state index contributed by atoms with van der Waals surface area (Å²) in [5.41, 5.74) is 0.440. The van der Waals surface area contributed by atoms with Crippen LogP contribution in [-0.4, -0.2) is 30.1 Å². The number of carbonyl (C=O) groups excluding carboxylic acids is 2. The van der Waals surface area contributed by atoms with Gasteiger partial charge in [-0.3, -0.25) is 9.59 Å². The summed E-state index contributed by atoms with van der Waals surface area (Å²) in [5, 5.41) is 16.5. The molecule has 0 heterocycles. The van der Waals surface area contributed by atoms with E-state index < -0.39 is 11.8 Å². The lowest BCUT2D eigenvalue weighted by Gasteiger charge is -2.31. The van der Waals surface area contributed by atoms with Gasteiger partial charge in [0.2, 0.25) is 0 Å². The molecule has 0 aliphatic carbocycles. The second kappa shape index (κ2) is 8.62. The molecule has 0 fully saturated rings. The van der Waals surface area contributed by atoms with E-state index in [1.807, 2.05) is 50.2 Å². The van der Waals surface area contributed by atoms with Crippen molar-refractivity contribution in [2.45, 2.75) is 33.1 Å². The average molecular weight is 342 g/mol. The minimum Gasteiger partial charge on any atom is -0.396 e. The first-order chi connectivity index (χ1) is 12.0. The van der Waals surface area contributed by atoms with Gasteiger partial charge >= 0.3 is 11.8 Å². The zero-order chi connectivity index (χ0) is 18.3. The Balaban J connectivity index is 2.04. The van der Waals surface area contributed by atoms with Gasteiger partial charge in [0.15, 0.2) is 0 Å². The molecular formula is C20H26N2O3. The molecule has 5 heteroatoms. The Morgan fingerprint density at radius 2 is 1.68 bits per heavy atom. The maximum absolute atomic E-state index is 12.2. The number of hydrogen-bond donors (Lipinski definition) is 3. The van der Waals surface area contributed by atoms with Gasteiger partial charge < -0.3 is 15.7 Å². The fourth-order valence-corrected chi connectivity index (χ4v) is 3.04. The van der Waals surface area contributed by atoms with Crippen molar-refractivity contribution in [1.82, 2.24) is 5.32 Å². The molecule has 0 saturated heterocycles. The minimum absolute atomic E-state index is 0.0692. The number of aliphatic hydroxyl groups is 1. The van der Waals surface area contributed by atoms with Crippen molar-refractivity contribution in [3.8, 4) is 0 Å². The van der Waals surface area contributed by atoms with E-state index in [1.165, 1.54) is 0 Å². The zero-order valence-corrected chi connectivity index (χ0v) is 14.8. The van der Waals surface area contributed by atoms with Gasteiger partial charge in [0.25, 0.3) is 0 Å². The maximum Gasteiger partial charge on any atom is 0.313 e. The van der Waals surface area contributed by atoms with Gasteiger partial charge in [-0.1, -0.05) is 50.2 Å². The molecule has 2 rings (SSSR count). The molecule has 3 N–H and O–H groups in total. The third kappa shape index (κ3) is 4.57. The molecule has 0 unspecified atom stereocenters. The number of fused-ring (bicyclic) bond motifs is 1. The molecule has 0 saturated carbocycles. The van der Waals surface area contributed by atoms with Crippen LogP contribution in [-0.2, 0) is 9.59 Å². The number of nitrogens with one attached hydrogen (secondary N) is 2. The van der Waals surface area contributed by atoms with Crippen LogP contribution in [0.2, 0.25) is 0 Å². The lowest BCUT2D eigenvalue weighted by Crippen LogP contribution is -2.42. The Bertz CT molecular complexity index is 733. The molecule has 0 aliphatic rings. The van der Waals surface area contributed by atoms with Crippen LogP contribution in [0.15, 0.2) is 42.5 Å². The fraction of sp³-hybridized carbons (Fsp3) is 0.400. The molecular weight excluding hydrogens is 316 g/mol. The second-order valence-electron chi connectivity index (χ2n) is 6.34. The topological polar surface area (TPSA) is 78.4 Å². The summed E-state index contributed by atoms with van der Waals surface area (Å²) in [5.74, 6) is -1.33. The largest absolute Gasteiger partial charge is 0.396 e. The molecule has 2 aromatic rings. The van der Waals surface area contributed by atoms with E-state index in [-0.39, 0.29) is 12.0 Å². The van der Waals surface area contributed by atoms with Crippen molar-refractivity contribution in [3.05, 3.63) is 42.5 Å². The minimum atomic E-state index is -0.679. The first-order valence-electron chi connectivity index (χ1n) is 8.73. The molecule has 134 valence electrons. The molecule has 0 aliphatic heterocycles. The normalized spacial score (nSPS) is 11.3. The highest BCUT2D eigenvalue weighted by molar-refractivity contribution is 6.40. The Kier molecular flexibility index (Phi) is 6.53. The molecule has 0 spiro atoms. The molecule has 0 bridgehead atoms. The van der Waals surface area contributed by atoms with E-state index in [0.29, 0.717) is 18.7 Å². The van der Waals surface area contributed by atoms with Crippen molar-refractivity contribution in [1.29, 1.82) is 0 Å². The second-order valence-corrected chi connectivity index (χ2v) is 6.34. The van der Waals surface area contributed by atoms with E-state index in [4.69, 9.17) is 0 Å². The first kappa shape index (κ1) is 18.9. The SMILES string of the molecule is CCC(CC)(CCO)CNC(=O)C(=O)Nc1cccc2ccccc12. The Morgan fingerprint density at radius 3 is 2.36 bits per heavy atom. The number of carbonyl (C=O) groups is 2.